The van der Waals surface area contributed by atoms with Crippen LogP contribution in [0.15, 0.2) is 72.8 Å². The summed E-state index contributed by atoms with van der Waals surface area (Å²) in [4.78, 5) is 0. The Morgan fingerprint density at radius 2 is 1.29 bits per heavy atom. The van der Waals surface area contributed by atoms with Crippen LogP contribution in [0.2, 0.25) is 0 Å². The van der Waals surface area contributed by atoms with E-state index in [4.69, 9.17) is 0 Å². The van der Waals surface area contributed by atoms with Gasteiger partial charge in [-0.3, -0.25) is 0 Å². The van der Waals surface area contributed by atoms with Crippen LogP contribution in [0.3, 0.4) is 0 Å². The molecule has 0 unspecified atom stereocenters. The van der Waals surface area contributed by atoms with Gasteiger partial charge in [-0.15, -0.1) is 5.10 Å². The van der Waals surface area contributed by atoms with Crippen molar-refractivity contribution in [2.45, 2.75) is 5.92 Å². The van der Waals surface area contributed by atoms with Gasteiger partial charge in [0.05, 0.1) is 11.6 Å². The third-order valence-electron chi connectivity index (χ3n) is 3.50. The molecule has 0 spiro atoms. The van der Waals surface area contributed by atoms with Gasteiger partial charge in [0.2, 0.25) is 0 Å². The molecule has 104 valence electrons. The molecule has 0 atom stereocenters. The van der Waals surface area contributed by atoms with E-state index in [1.54, 1.807) is 0 Å². The van der Waals surface area contributed by atoms with Crippen LogP contribution in [0.1, 0.15) is 22.7 Å². The largest absolute Gasteiger partial charge is 0.372 e. The smallest absolute Gasteiger partial charge is 0.148 e. The summed E-state index contributed by atoms with van der Waals surface area (Å²) < 4.78 is 0. The van der Waals surface area contributed by atoms with E-state index in [0.29, 0.717) is 0 Å². The molecule has 0 aliphatic carbocycles. The molecule has 1 heterocycles. The van der Waals surface area contributed by atoms with Gasteiger partial charge in [0, 0.05) is 7.05 Å². The summed E-state index contributed by atoms with van der Waals surface area (Å²) >= 11 is 0. The van der Waals surface area contributed by atoms with E-state index in [-0.39, 0.29) is 5.92 Å². The standard InChI is InChI=1S/C18H17N3/c1-19-17-13-12-16(20-21-17)18(14-8-4-2-5-9-14)15-10-6-3-7-11-15/h2-13,18H,1H3,(H,19,21). The van der Waals surface area contributed by atoms with Gasteiger partial charge >= 0.3 is 0 Å². The van der Waals surface area contributed by atoms with Gasteiger partial charge in [-0.05, 0) is 23.3 Å². The number of hydrogen-bond donors (Lipinski definition) is 1. The minimum absolute atomic E-state index is 0.103. The Morgan fingerprint density at radius 3 is 1.71 bits per heavy atom. The van der Waals surface area contributed by atoms with Gasteiger partial charge in [0.1, 0.15) is 5.82 Å². The second-order valence-electron chi connectivity index (χ2n) is 4.85. The Morgan fingerprint density at radius 1 is 0.714 bits per heavy atom. The fourth-order valence-electron chi connectivity index (χ4n) is 2.45. The van der Waals surface area contributed by atoms with E-state index < -0.39 is 0 Å². The summed E-state index contributed by atoms with van der Waals surface area (Å²) in [5.41, 5.74) is 3.39. The average molecular weight is 275 g/mol. The van der Waals surface area contributed by atoms with Crippen LogP contribution in [0.4, 0.5) is 5.82 Å². The molecule has 2 aromatic carbocycles. The second-order valence-corrected chi connectivity index (χ2v) is 4.85. The first kappa shape index (κ1) is 13.3. The van der Waals surface area contributed by atoms with Gasteiger partial charge in [-0.2, -0.15) is 5.10 Å². The summed E-state index contributed by atoms with van der Waals surface area (Å²) in [6.07, 6.45) is 0. The first-order valence-electron chi connectivity index (χ1n) is 7.00. The van der Waals surface area contributed by atoms with E-state index in [1.165, 1.54) is 11.1 Å². The van der Waals surface area contributed by atoms with E-state index in [9.17, 15) is 0 Å². The Kier molecular flexibility index (Phi) is 3.92. The van der Waals surface area contributed by atoms with Crippen molar-refractivity contribution >= 4 is 5.82 Å². The van der Waals surface area contributed by atoms with Crippen LogP contribution >= 0.6 is 0 Å². The van der Waals surface area contributed by atoms with Crippen molar-refractivity contribution < 1.29 is 0 Å². The van der Waals surface area contributed by atoms with Gasteiger partial charge in [0.25, 0.3) is 0 Å². The van der Waals surface area contributed by atoms with Gasteiger partial charge < -0.3 is 5.32 Å². The molecule has 1 N–H and O–H groups in total. The maximum absolute atomic E-state index is 4.39. The Bertz CT molecular complexity index is 639. The molecule has 3 nitrogen and oxygen atoms in total. The van der Waals surface area contributed by atoms with Crippen molar-refractivity contribution in [3.8, 4) is 0 Å². The molecule has 0 saturated carbocycles. The van der Waals surface area contributed by atoms with Crippen LogP contribution < -0.4 is 5.32 Å². The molecule has 3 rings (SSSR count). The number of anilines is 1. The van der Waals surface area contributed by atoms with Gasteiger partial charge in [-0.1, -0.05) is 60.7 Å². The van der Waals surface area contributed by atoms with Crippen LogP contribution in [-0.2, 0) is 0 Å². The van der Waals surface area contributed by atoms with Crippen molar-refractivity contribution in [3.63, 3.8) is 0 Å². The Hall–Kier alpha value is -2.68. The predicted molar refractivity (Wildman–Crippen MR) is 85.4 cm³/mol. The molecule has 0 amide bonds. The van der Waals surface area contributed by atoms with E-state index in [0.717, 1.165) is 11.5 Å². The summed E-state index contributed by atoms with van der Waals surface area (Å²) in [5.74, 6) is 0.879. The molecule has 0 radical (unpaired) electrons. The summed E-state index contributed by atoms with van der Waals surface area (Å²) in [5, 5.41) is 11.6. The number of rotatable bonds is 4. The topological polar surface area (TPSA) is 37.8 Å². The Balaban J connectivity index is 2.07. The number of benzene rings is 2. The molecule has 3 heteroatoms. The molecule has 3 aromatic rings. The molecule has 0 bridgehead atoms. The lowest BCUT2D eigenvalue weighted by Gasteiger charge is -2.17. The van der Waals surface area contributed by atoms with Crippen molar-refractivity contribution in [3.05, 3.63) is 89.6 Å². The first-order chi connectivity index (χ1) is 10.4. The lowest BCUT2D eigenvalue weighted by atomic mass is 9.88. The number of hydrogen-bond acceptors (Lipinski definition) is 3. The molecule has 21 heavy (non-hydrogen) atoms. The third kappa shape index (κ3) is 2.92. The van der Waals surface area contributed by atoms with E-state index >= 15 is 0 Å². The van der Waals surface area contributed by atoms with E-state index in [2.05, 4.69) is 64.0 Å². The van der Waals surface area contributed by atoms with Crippen molar-refractivity contribution in [1.29, 1.82) is 0 Å². The highest BCUT2D eigenvalue weighted by atomic mass is 15.2. The number of aromatic nitrogens is 2. The summed E-state index contributed by atoms with van der Waals surface area (Å²) in [6, 6.07) is 24.8. The molecule has 0 saturated heterocycles. The zero-order valence-corrected chi connectivity index (χ0v) is 11.9. The quantitative estimate of drug-likeness (QED) is 0.789. The fraction of sp³-hybridized carbons (Fsp3) is 0.111. The van der Waals surface area contributed by atoms with Crippen molar-refractivity contribution in [1.82, 2.24) is 10.2 Å². The lowest BCUT2D eigenvalue weighted by Crippen LogP contribution is -2.07. The predicted octanol–water partition coefficient (Wildman–Crippen LogP) is 3.70. The van der Waals surface area contributed by atoms with Crippen LogP contribution in [0, 0.1) is 0 Å². The minimum atomic E-state index is 0.103. The Labute approximate surface area is 124 Å². The highest BCUT2D eigenvalue weighted by molar-refractivity contribution is 5.42. The van der Waals surface area contributed by atoms with Crippen LogP contribution in [0.25, 0.3) is 0 Å². The molecule has 1 aromatic heterocycles. The van der Waals surface area contributed by atoms with Crippen LogP contribution in [0.5, 0.6) is 0 Å². The number of nitrogens with zero attached hydrogens (tertiary/aromatic N) is 2. The summed E-state index contributed by atoms with van der Waals surface area (Å²) in [7, 11) is 1.84. The highest BCUT2D eigenvalue weighted by Gasteiger charge is 2.18. The van der Waals surface area contributed by atoms with Gasteiger partial charge in [0.15, 0.2) is 0 Å². The monoisotopic (exact) mass is 275 g/mol. The van der Waals surface area contributed by atoms with Crippen molar-refractivity contribution in [2.75, 3.05) is 12.4 Å². The first-order valence-corrected chi connectivity index (χ1v) is 7.00. The minimum Gasteiger partial charge on any atom is -0.372 e. The maximum atomic E-state index is 4.39. The normalized spacial score (nSPS) is 10.6. The summed E-state index contributed by atoms with van der Waals surface area (Å²) in [6.45, 7) is 0. The third-order valence-corrected chi connectivity index (χ3v) is 3.50. The zero-order chi connectivity index (χ0) is 14.5. The molecule has 0 aliphatic rings. The van der Waals surface area contributed by atoms with Crippen molar-refractivity contribution in [2.24, 2.45) is 0 Å². The molecular weight excluding hydrogens is 258 g/mol. The molecule has 0 aliphatic heterocycles. The fourth-order valence-corrected chi connectivity index (χ4v) is 2.45. The maximum Gasteiger partial charge on any atom is 0.148 e. The number of nitrogens with one attached hydrogen (secondary N) is 1. The van der Waals surface area contributed by atoms with Crippen LogP contribution in [-0.4, -0.2) is 17.2 Å². The van der Waals surface area contributed by atoms with E-state index in [1.807, 2.05) is 31.3 Å². The lowest BCUT2D eigenvalue weighted by molar-refractivity contribution is 0.858. The SMILES string of the molecule is CNc1ccc(C(c2ccccc2)c2ccccc2)nn1. The average Bonchev–Trinajstić information content (AvgIpc) is 2.58. The van der Waals surface area contributed by atoms with Gasteiger partial charge in [-0.25, -0.2) is 0 Å². The zero-order valence-electron chi connectivity index (χ0n) is 11.9. The molecule has 0 fully saturated rings. The second kappa shape index (κ2) is 6.18. The molecular formula is C18H17N3. The highest BCUT2D eigenvalue weighted by Crippen LogP contribution is 2.30.